The van der Waals surface area contributed by atoms with Gasteiger partial charge < -0.3 is 14.2 Å². The lowest BCUT2D eigenvalue weighted by Gasteiger charge is -2.12. The first-order chi connectivity index (χ1) is 13.0. The number of hydrazine groups is 1. The van der Waals surface area contributed by atoms with Gasteiger partial charge in [0.25, 0.3) is 11.8 Å². The van der Waals surface area contributed by atoms with Crippen LogP contribution in [0, 0.1) is 0 Å². The lowest BCUT2D eigenvalue weighted by molar-refractivity contribution is -0.125. The van der Waals surface area contributed by atoms with Crippen molar-refractivity contribution in [2.24, 2.45) is 0 Å². The molecule has 0 bridgehead atoms. The Kier molecular flexibility index (Phi) is 7.01. The molecule has 8 nitrogen and oxygen atoms in total. The first-order valence-electron chi connectivity index (χ1n) is 7.69. The summed E-state index contributed by atoms with van der Waals surface area (Å²) >= 11 is 6.02. The molecule has 0 aliphatic carbocycles. The second kappa shape index (κ2) is 9.44. The summed E-state index contributed by atoms with van der Waals surface area (Å²) < 4.78 is 15.1. The molecule has 0 aromatic heterocycles. The number of nitrogens with one attached hydrogen (secondary N) is 2. The maximum absolute atomic E-state index is 12.1. The molecule has 0 saturated heterocycles. The number of hydrogen-bond donors (Lipinski definition) is 2. The Morgan fingerprint density at radius 2 is 1.67 bits per heavy atom. The lowest BCUT2D eigenvalue weighted by Crippen LogP contribution is -2.43. The Bertz CT molecular complexity index is 841. The zero-order valence-electron chi connectivity index (χ0n) is 14.6. The van der Waals surface area contributed by atoms with Crippen LogP contribution in [0.1, 0.15) is 20.7 Å². The van der Waals surface area contributed by atoms with Crippen LogP contribution >= 0.6 is 11.6 Å². The topological polar surface area (TPSA) is 103 Å². The van der Waals surface area contributed by atoms with Gasteiger partial charge in [-0.1, -0.05) is 29.8 Å². The third kappa shape index (κ3) is 5.35. The molecule has 0 heterocycles. The number of methoxy groups -OCH3 is 2. The average molecular weight is 393 g/mol. The molecule has 142 valence electrons. The largest absolute Gasteiger partial charge is 0.493 e. The fraction of sp³-hybridized carbons (Fsp3) is 0.167. The molecule has 2 aromatic rings. The number of hydrogen-bond acceptors (Lipinski definition) is 6. The van der Waals surface area contributed by atoms with Crippen LogP contribution in [0.3, 0.4) is 0 Å². The van der Waals surface area contributed by atoms with Crippen molar-refractivity contribution in [2.75, 3.05) is 20.8 Å². The third-order valence-corrected chi connectivity index (χ3v) is 3.64. The second-order valence-corrected chi connectivity index (χ2v) is 5.55. The van der Waals surface area contributed by atoms with Gasteiger partial charge >= 0.3 is 5.97 Å². The summed E-state index contributed by atoms with van der Waals surface area (Å²) in [7, 11) is 2.81. The molecular weight excluding hydrogens is 376 g/mol. The molecule has 2 aromatic carbocycles. The Morgan fingerprint density at radius 3 is 2.30 bits per heavy atom. The lowest BCUT2D eigenvalue weighted by atomic mass is 10.2. The number of benzene rings is 2. The van der Waals surface area contributed by atoms with Crippen molar-refractivity contribution in [1.82, 2.24) is 10.9 Å². The molecule has 2 amide bonds. The molecule has 2 N–H and O–H groups in total. The minimum atomic E-state index is -0.789. The maximum atomic E-state index is 12.1. The van der Waals surface area contributed by atoms with Crippen molar-refractivity contribution in [3.8, 4) is 11.5 Å². The van der Waals surface area contributed by atoms with Crippen LogP contribution in [0.4, 0.5) is 0 Å². The van der Waals surface area contributed by atoms with Gasteiger partial charge in [-0.3, -0.25) is 20.4 Å². The van der Waals surface area contributed by atoms with Crippen LogP contribution in [-0.2, 0) is 9.53 Å². The Morgan fingerprint density at radius 1 is 0.963 bits per heavy atom. The molecule has 0 unspecified atom stereocenters. The molecule has 9 heteroatoms. The van der Waals surface area contributed by atoms with Crippen LogP contribution in [-0.4, -0.2) is 38.6 Å². The van der Waals surface area contributed by atoms with Crippen LogP contribution in [0.2, 0.25) is 5.02 Å². The van der Waals surface area contributed by atoms with E-state index in [1.54, 1.807) is 30.3 Å². The minimum absolute atomic E-state index is 0.0822. The standard InChI is InChI=1S/C18H17ClN2O6/c1-25-14-9-12(8-13(19)16(14)26-2)18(24)27-10-15(22)20-21-17(23)11-6-4-3-5-7-11/h3-9H,10H2,1-2H3,(H,20,22)(H,21,23). The first-order valence-corrected chi connectivity index (χ1v) is 8.07. The van der Waals surface area contributed by atoms with Gasteiger partial charge in [0, 0.05) is 5.56 Å². The zero-order valence-corrected chi connectivity index (χ0v) is 15.3. The van der Waals surface area contributed by atoms with Gasteiger partial charge in [-0.2, -0.15) is 0 Å². The molecular formula is C18H17ClN2O6. The van der Waals surface area contributed by atoms with E-state index in [0.29, 0.717) is 5.56 Å². The molecule has 0 aliphatic heterocycles. The molecule has 2 rings (SSSR count). The number of carbonyl (C=O) groups is 3. The van der Waals surface area contributed by atoms with E-state index in [2.05, 4.69) is 10.9 Å². The van der Waals surface area contributed by atoms with E-state index in [4.69, 9.17) is 25.8 Å². The molecule has 0 aliphatic rings. The summed E-state index contributed by atoms with van der Waals surface area (Å²) in [5.41, 5.74) is 4.82. The minimum Gasteiger partial charge on any atom is -0.493 e. The smallest absolute Gasteiger partial charge is 0.338 e. The normalized spacial score (nSPS) is 9.89. The zero-order chi connectivity index (χ0) is 19.8. The van der Waals surface area contributed by atoms with Crippen molar-refractivity contribution in [3.63, 3.8) is 0 Å². The summed E-state index contributed by atoms with van der Waals surface area (Å²) in [4.78, 5) is 35.6. The fourth-order valence-corrected chi connectivity index (χ4v) is 2.36. The fourth-order valence-electron chi connectivity index (χ4n) is 2.07. The average Bonchev–Trinajstić information content (AvgIpc) is 2.69. The van der Waals surface area contributed by atoms with Gasteiger partial charge in [-0.05, 0) is 24.3 Å². The van der Waals surface area contributed by atoms with E-state index in [0.717, 1.165) is 0 Å². The van der Waals surface area contributed by atoms with Gasteiger partial charge in [0.2, 0.25) is 0 Å². The SMILES string of the molecule is COc1cc(C(=O)OCC(=O)NNC(=O)c2ccccc2)cc(Cl)c1OC. The highest BCUT2D eigenvalue weighted by molar-refractivity contribution is 6.32. The Hall–Kier alpha value is -3.26. The van der Waals surface area contributed by atoms with Gasteiger partial charge in [0.05, 0.1) is 24.8 Å². The van der Waals surface area contributed by atoms with Crippen LogP contribution in [0.5, 0.6) is 11.5 Å². The van der Waals surface area contributed by atoms with Crippen molar-refractivity contribution in [3.05, 3.63) is 58.6 Å². The van der Waals surface area contributed by atoms with Gasteiger partial charge in [0.15, 0.2) is 18.1 Å². The summed E-state index contributed by atoms with van der Waals surface area (Å²) in [5, 5.41) is 0.156. The van der Waals surface area contributed by atoms with E-state index < -0.39 is 24.4 Å². The molecule has 0 atom stereocenters. The monoisotopic (exact) mass is 392 g/mol. The van der Waals surface area contributed by atoms with Gasteiger partial charge in [0.1, 0.15) is 0 Å². The second-order valence-electron chi connectivity index (χ2n) is 5.14. The molecule has 0 radical (unpaired) electrons. The highest BCUT2D eigenvalue weighted by Crippen LogP contribution is 2.36. The van der Waals surface area contributed by atoms with Crippen molar-refractivity contribution in [1.29, 1.82) is 0 Å². The molecule has 0 saturated carbocycles. The first kappa shape index (κ1) is 20.1. The van der Waals surface area contributed by atoms with E-state index >= 15 is 0 Å². The summed E-state index contributed by atoms with van der Waals surface area (Å²) in [6.07, 6.45) is 0. The molecule has 0 fully saturated rings. The number of rotatable bonds is 6. The van der Waals surface area contributed by atoms with Crippen molar-refractivity contribution in [2.45, 2.75) is 0 Å². The quantitative estimate of drug-likeness (QED) is 0.575. The van der Waals surface area contributed by atoms with E-state index in [1.807, 2.05) is 0 Å². The summed E-state index contributed by atoms with van der Waals surface area (Å²) in [6, 6.07) is 11.0. The van der Waals surface area contributed by atoms with E-state index in [-0.39, 0.29) is 22.1 Å². The number of esters is 1. The van der Waals surface area contributed by atoms with Crippen LogP contribution in [0.15, 0.2) is 42.5 Å². The maximum Gasteiger partial charge on any atom is 0.338 e. The number of amides is 2. The summed E-state index contributed by atoms with van der Waals surface area (Å²) in [5.74, 6) is -1.47. The predicted octanol–water partition coefficient (Wildman–Crippen LogP) is 1.98. The highest BCUT2D eigenvalue weighted by atomic mass is 35.5. The summed E-state index contributed by atoms with van der Waals surface area (Å²) in [6.45, 7) is -0.597. The van der Waals surface area contributed by atoms with Crippen LogP contribution in [0.25, 0.3) is 0 Å². The van der Waals surface area contributed by atoms with Gasteiger partial charge in [-0.15, -0.1) is 0 Å². The number of ether oxygens (including phenoxy) is 3. The van der Waals surface area contributed by atoms with Crippen LogP contribution < -0.4 is 20.3 Å². The van der Waals surface area contributed by atoms with Crippen molar-refractivity contribution < 1.29 is 28.6 Å². The van der Waals surface area contributed by atoms with Gasteiger partial charge in [-0.25, -0.2) is 4.79 Å². The van der Waals surface area contributed by atoms with Crippen molar-refractivity contribution >= 4 is 29.4 Å². The third-order valence-electron chi connectivity index (χ3n) is 3.36. The number of halogens is 1. The Balaban J connectivity index is 1.89. The van der Waals surface area contributed by atoms with E-state index in [9.17, 15) is 14.4 Å². The highest BCUT2D eigenvalue weighted by Gasteiger charge is 2.17. The number of carbonyl (C=O) groups excluding carboxylic acids is 3. The Labute approximate surface area is 160 Å². The molecule has 27 heavy (non-hydrogen) atoms. The predicted molar refractivity (Wildman–Crippen MR) is 96.9 cm³/mol. The molecule has 0 spiro atoms. The van der Waals surface area contributed by atoms with E-state index in [1.165, 1.54) is 26.4 Å².